The molecule has 0 aliphatic rings. The maximum absolute atomic E-state index is 11.0. The number of carbonyl (C=O) groups is 1. The highest BCUT2D eigenvalue weighted by molar-refractivity contribution is 7.98. The number of halogens is 1. The van der Waals surface area contributed by atoms with Gasteiger partial charge in [0.15, 0.2) is 0 Å². The standard InChI is InChI=1S/C16H11ClO2S2/c17-15-12-6-1-2-7-13(12)21-14(15)9-20-11-5-3-4-10(8-11)16(18)19/h1-8H,9H2,(H,18,19). The molecule has 3 rings (SSSR count). The lowest BCUT2D eigenvalue weighted by atomic mass is 10.2. The largest absolute Gasteiger partial charge is 0.478 e. The van der Waals surface area contributed by atoms with Gasteiger partial charge < -0.3 is 5.11 Å². The van der Waals surface area contributed by atoms with Crippen molar-refractivity contribution >= 4 is 50.8 Å². The Balaban J connectivity index is 1.82. The van der Waals surface area contributed by atoms with Crippen molar-refractivity contribution in [2.75, 3.05) is 0 Å². The first-order valence-electron chi connectivity index (χ1n) is 6.27. The number of hydrogen-bond donors (Lipinski definition) is 1. The molecule has 3 aromatic rings. The van der Waals surface area contributed by atoms with Gasteiger partial charge in [-0.05, 0) is 24.3 Å². The van der Waals surface area contributed by atoms with Gasteiger partial charge >= 0.3 is 5.97 Å². The quantitative estimate of drug-likeness (QED) is 0.636. The predicted molar refractivity (Wildman–Crippen MR) is 89.8 cm³/mol. The maximum Gasteiger partial charge on any atom is 0.335 e. The molecule has 0 aliphatic carbocycles. The van der Waals surface area contributed by atoms with Crippen molar-refractivity contribution in [2.45, 2.75) is 10.6 Å². The maximum atomic E-state index is 11.0. The molecular formula is C16H11ClO2S2. The molecule has 5 heteroatoms. The SMILES string of the molecule is O=C(O)c1cccc(SCc2sc3ccccc3c2Cl)c1. The lowest BCUT2D eigenvalue weighted by molar-refractivity contribution is 0.0696. The summed E-state index contributed by atoms with van der Waals surface area (Å²) < 4.78 is 1.18. The number of carboxylic acids is 1. The Kier molecular flexibility index (Phi) is 4.19. The number of hydrogen-bond acceptors (Lipinski definition) is 3. The highest BCUT2D eigenvalue weighted by Gasteiger charge is 2.10. The first kappa shape index (κ1) is 14.4. The summed E-state index contributed by atoms with van der Waals surface area (Å²) in [6.45, 7) is 0. The monoisotopic (exact) mass is 334 g/mol. The number of thioether (sulfide) groups is 1. The smallest absolute Gasteiger partial charge is 0.335 e. The van der Waals surface area contributed by atoms with Crippen molar-refractivity contribution < 1.29 is 9.90 Å². The topological polar surface area (TPSA) is 37.3 Å². The average Bonchev–Trinajstić information content (AvgIpc) is 2.82. The van der Waals surface area contributed by atoms with Crippen LogP contribution in [0, 0.1) is 0 Å². The van der Waals surface area contributed by atoms with Crippen LogP contribution in [-0.2, 0) is 5.75 Å². The van der Waals surface area contributed by atoms with Gasteiger partial charge in [0.2, 0.25) is 0 Å². The van der Waals surface area contributed by atoms with Crippen LogP contribution in [0.15, 0.2) is 53.4 Å². The third kappa shape index (κ3) is 3.07. The number of aromatic carboxylic acids is 1. The molecule has 0 unspecified atom stereocenters. The van der Waals surface area contributed by atoms with E-state index in [1.54, 1.807) is 41.3 Å². The van der Waals surface area contributed by atoms with E-state index < -0.39 is 5.97 Å². The summed E-state index contributed by atoms with van der Waals surface area (Å²) in [5, 5.41) is 10.9. The number of benzene rings is 2. The molecule has 0 bridgehead atoms. The summed E-state index contributed by atoms with van der Waals surface area (Å²) in [4.78, 5) is 13.0. The second-order valence-electron chi connectivity index (χ2n) is 4.46. The van der Waals surface area contributed by atoms with Gasteiger partial charge in [0.05, 0.1) is 10.6 Å². The Morgan fingerprint density at radius 2 is 2.00 bits per heavy atom. The molecule has 0 atom stereocenters. The number of carboxylic acid groups (broad SMARTS) is 1. The van der Waals surface area contributed by atoms with Crippen molar-refractivity contribution in [3.05, 3.63) is 64.0 Å². The van der Waals surface area contributed by atoms with Crippen molar-refractivity contribution in [2.24, 2.45) is 0 Å². The fourth-order valence-corrected chi connectivity index (χ4v) is 4.64. The van der Waals surface area contributed by atoms with Crippen LogP contribution in [0.4, 0.5) is 0 Å². The lowest BCUT2D eigenvalue weighted by Gasteiger charge is -2.02. The van der Waals surface area contributed by atoms with Crippen LogP contribution < -0.4 is 0 Å². The van der Waals surface area contributed by atoms with E-state index in [9.17, 15) is 4.79 Å². The molecular weight excluding hydrogens is 324 g/mol. The number of thiophene rings is 1. The predicted octanol–water partition coefficient (Wildman–Crippen LogP) is 5.55. The van der Waals surface area contributed by atoms with Gasteiger partial charge in [-0.15, -0.1) is 23.1 Å². The highest BCUT2D eigenvalue weighted by atomic mass is 35.5. The fraction of sp³-hybridized carbons (Fsp3) is 0.0625. The summed E-state index contributed by atoms with van der Waals surface area (Å²) in [6.07, 6.45) is 0. The Morgan fingerprint density at radius 1 is 1.19 bits per heavy atom. The normalized spacial score (nSPS) is 10.9. The Labute approximate surface area is 135 Å². The molecule has 2 nitrogen and oxygen atoms in total. The number of rotatable bonds is 4. The molecule has 0 saturated carbocycles. The first-order chi connectivity index (χ1) is 10.1. The molecule has 0 amide bonds. The van der Waals surface area contributed by atoms with E-state index in [2.05, 4.69) is 6.07 Å². The van der Waals surface area contributed by atoms with Crippen LogP contribution in [0.2, 0.25) is 5.02 Å². The van der Waals surface area contributed by atoms with Crippen LogP contribution in [0.1, 0.15) is 15.2 Å². The van der Waals surface area contributed by atoms with E-state index in [4.69, 9.17) is 16.7 Å². The van der Waals surface area contributed by atoms with Crippen molar-refractivity contribution in [1.29, 1.82) is 0 Å². The van der Waals surface area contributed by atoms with Crippen molar-refractivity contribution in [1.82, 2.24) is 0 Å². The minimum Gasteiger partial charge on any atom is -0.478 e. The Bertz CT molecular complexity index is 811. The molecule has 1 aromatic heterocycles. The van der Waals surface area contributed by atoms with E-state index in [0.717, 1.165) is 25.9 Å². The first-order valence-corrected chi connectivity index (χ1v) is 8.45. The molecule has 106 valence electrons. The molecule has 0 aliphatic heterocycles. The molecule has 2 aromatic carbocycles. The van der Waals surface area contributed by atoms with Gasteiger partial charge in [0, 0.05) is 25.6 Å². The van der Waals surface area contributed by atoms with Gasteiger partial charge in [-0.1, -0.05) is 35.9 Å². The summed E-state index contributed by atoms with van der Waals surface area (Å²) in [6, 6.07) is 15.0. The van der Waals surface area contributed by atoms with Gasteiger partial charge in [-0.3, -0.25) is 0 Å². The summed E-state index contributed by atoms with van der Waals surface area (Å²) in [5.74, 6) is -0.168. The molecule has 0 fully saturated rings. The molecule has 1 heterocycles. The van der Waals surface area contributed by atoms with Crippen LogP contribution in [0.3, 0.4) is 0 Å². The van der Waals surface area contributed by atoms with Crippen molar-refractivity contribution in [3.8, 4) is 0 Å². The fourth-order valence-electron chi connectivity index (χ4n) is 2.03. The van der Waals surface area contributed by atoms with Crippen LogP contribution in [0.25, 0.3) is 10.1 Å². The minimum absolute atomic E-state index is 0.308. The molecule has 0 radical (unpaired) electrons. The van der Waals surface area contributed by atoms with E-state index in [0.29, 0.717) is 5.56 Å². The van der Waals surface area contributed by atoms with E-state index in [1.165, 1.54) is 4.70 Å². The van der Waals surface area contributed by atoms with Gasteiger partial charge in [-0.25, -0.2) is 4.79 Å². The summed E-state index contributed by atoms with van der Waals surface area (Å²) in [5.41, 5.74) is 0.308. The summed E-state index contributed by atoms with van der Waals surface area (Å²) in [7, 11) is 0. The molecule has 0 saturated heterocycles. The molecule has 0 spiro atoms. The highest BCUT2D eigenvalue weighted by Crippen LogP contribution is 2.38. The number of fused-ring (bicyclic) bond motifs is 1. The van der Waals surface area contributed by atoms with Gasteiger partial charge in [-0.2, -0.15) is 0 Å². The zero-order valence-corrected chi connectivity index (χ0v) is 13.3. The molecule has 1 N–H and O–H groups in total. The van der Waals surface area contributed by atoms with E-state index in [-0.39, 0.29) is 0 Å². The second-order valence-corrected chi connectivity index (χ2v) is 7.02. The van der Waals surface area contributed by atoms with Crippen LogP contribution in [-0.4, -0.2) is 11.1 Å². The van der Waals surface area contributed by atoms with Crippen LogP contribution in [0.5, 0.6) is 0 Å². The Hall–Kier alpha value is -1.49. The Morgan fingerprint density at radius 3 is 2.76 bits per heavy atom. The van der Waals surface area contributed by atoms with Crippen molar-refractivity contribution in [3.63, 3.8) is 0 Å². The zero-order valence-electron chi connectivity index (χ0n) is 10.9. The zero-order chi connectivity index (χ0) is 14.8. The van der Waals surface area contributed by atoms with Gasteiger partial charge in [0.1, 0.15) is 0 Å². The van der Waals surface area contributed by atoms with Gasteiger partial charge in [0.25, 0.3) is 0 Å². The summed E-state index contributed by atoms with van der Waals surface area (Å²) >= 11 is 9.69. The van der Waals surface area contributed by atoms with Crippen LogP contribution >= 0.6 is 34.7 Å². The average molecular weight is 335 g/mol. The third-order valence-corrected chi connectivity index (χ3v) is 5.97. The minimum atomic E-state index is -0.905. The second kappa shape index (κ2) is 6.10. The third-order valence-electron chi connectivity index (χ3n) is 3.05. The lowest BCUT2D eigenvalue weighted by Crippen LogP contribution is -1.95. The molecule has 21 heavy (non-hydrogen) atoms. The van der Waals surface area contributed by atoms with E-state index in [1.807, 2.05) is 24.3 Å². The van der Waals surface area contributed by atoms with E-state index >= 15 is 0 Å².